The molecule has 7 nitrogen and oxygen atoms in total. The third kappa shape index (κ3) is 5.12. The highest BCUT2D eigenvalue weighted by molar-refractivity contribution is 7.99. The van der Waals surface area contributed by atoms with Crippen LogP contribution in [0, 0.1) is 0 Å². The number of phenols is 1. The van der Waals surface area contributed by atoms with E-state index in [1.807, 2.05) is 0 Å². The van der Waals surface area contributed by atoms with Crippen LogP contribution in [-0.2, 0) is 17.6 Å². The van der Waals surface area contributed by atoms with Gasteiger partial charge in [0.15, 0.2) is 5.16 Å². The molecule has 1 aliphatic rings. The number of carbonyl (C=O) groups excluding carboxylic acids is 1. The minimum Gasteiger partial charge on any atom is -0.508 e. The molecular formula is C25H21ClN4O3S2. The van der Waals surface area contributed by atoms with Crippen molar-refractivity contribution in [2.24, 2.45) is 5.10 Å². The summed E-state index contributed by atoms with van der Waals surface area (Å²) in [7, 11) is 0. The molecule has 0 saturated heterocycles. The Labute approximate surface area is 214 Å². The summed E-state index contributed by atoms with van der Waals surface area (Å²) in [6, 6.07) is 13.6. The van der Waals surface area contributed by atoms with Crippen LogP contribution < -0.4 is 11.0 Å². The number of rotatable bonds is 6. The molecule has 2 heterocycles. The van der Waals surface area contributed by atoms with Gasteiger partial charge < -0.3 is 5.11 Å². The number of carbonyl (C=O) groups is 1. The average Bonchev–Trinajstić information content (AvgIpc) is 3.22. The highest BCUT2D eigenvalue weighted by Gasteiger charge is 2.23. The van der Waals surface area contributed by atoms with Crippen molar-refractivity contribution in [1.29, 1.82) is 0 Å². The Bertz CT molecular complexity index is 1500. The van der Waals surface area contributed by atoms with E-state index in [1.54, 1.807) is 58.4 Å². The van der Waals surface area contributed by atoms with E-state index in [0.717, 1.165) is 36.1 Å². The Morgan fingerprint density at radius 2 is 2.03 bits per heavy atom. The summed E-state index contributed by atoms with van der Waals surface area (Å²) in [6.07, 6.45) is 5.50. The maximum Gasteiger partial charge on any atom is 0.267 e. The predicted octanol–water partition coefficient (Wildman–Crippen LogP) is 4.93. The number of hydrogen-bond acceptors (Lipinski definition) is 7. The fourth-order valence-electron chi connectivity index (χ4n) is 4.05. The quantitative estimate of drug-likeness (QED) is 0.161. The van der Waals surface area contributed by atoms with Crippen LogP contribution in [0.4, 0.5) is 0 Å². The Hall–Kier alpha value is -3.14. The number of hydrogen-bond donors (Lipinski definition) is 2. The van der Waals surface area contributed by atoms with Gasteiger partial charge in [-0.05, 0) is 73.2 Å². The molecule has 0 fully saturated rings. The van der Waals surface area contributed by atoms with Crippen molar-refractivity contribution >= 4 is 57.0 Å². The van der Waals surface area contributed by atoms with Crippen LogP contribution in [-0.4, -0.2) is 32.5 Å². The largest absolute Gasteiger partial charge is 0.508 e. The van der Waals surface area contributed by atoms with E-state index in [0.29, 0.717) is 26.8 Å². The fraction of sp³-hybridized carbons (Fsp3) is 0.200. The number of aryl methyl sites for hydroxylation is 2. The number of nitrogens with zero attached hydrogens (tertiary/aromatic N) is 3. The van der Waals surface area contributed by atoms with Gasteiger partial charge in [-0.1, -0.05) is 35.5 Å². The molecular weight excluding hydrogens is 504 g/mol. The molecule has 1 amide bonds. The fourth-order valence-corrected chi connectivity index (χ4v) is 6.28. The summed E-state index contributed by atoms with van der Waals surface area (Å²) in [5.74, 6) is -0.199. The number of nitrogens with one attached hydrogen (secondary N) is 1. The predicted molar refractivity (Wildman–Crippen MR) is 141 cm³/mol. The van der Waals surface area contributed by atoms with Gasteiger partial charge in [0.2, 0.25) is 0 Å². The number of benzene rings is 2. The standard InChI is InChI=1S/C25H21ClN4O3S2/c26-16-8-10-17(11-9-16)30-24(33)22-19-6-1-2-7-20(19)35-23(22)28-25(30)34-14-21(32)29-27-13-15-4-3-5-18(31)12-15/h3-5,8-13,31H,1-2,6-7,14H2,(H,29,32). The maximum absolute atomic E-state index is 13.7. The van der Waals surface area contributed by atoms with E-state index in [4.69, 9.17) is 16.6 Å². The van der Waals surface area contributed by atoms with Gasteiger partial charge in [0.1, 0.15) is 10.6 Å². The first kappa shape index (κ1) is 23.6. The first-order valence-electron chi connectivity index (χ1n) is 11.1. The van der Waals surface area contributed by atoms with Gasteiger partial charge in [0.25, 0.3) is 11.5 Å². The van der Waals surface area contributed by atoms with E-state index in [1.165, 1.54) is 28.9 Å². The van der Waals surface area contributed by atoms with Gasteiger partial charge in [-0.2, -0.15) is 5.10 Å². The minimum atomic E-state index is -0.339. The molecule has 5 rings (SSSR count). The summed E-state index contributed by atoms with van der Waals surface area (Å²) < 4.78 is 1.56. The van der Waals surface area contributed by atoms with Crippen molar-refractivity contribution in [1.82, 2.24) is 15.0 Å². The molecule has 0 aliphatic heterocycles. The van der Waals surface area contributed by atoms with Crippen molar-refractivity contribution in [3.8, 4) is 11.4 Å². The minimum absolute atomic E-state index is 0.0218. The summed E-state index contributed by atoms with van der Waals surface area (Å²) >= 11 is 8.82. The number of halogens is 1. The van der Waals surface area contributed by atoms with Crippen LogP contribution in [0.25, 0.3) is 15.9 Å². The molecule has 4 aromatic rings. The topological polar surface area (TPSA) is 96.6 Å². The zero-order chi connectivity index (χ0) is 24.4. The third-order valence-corrected chi connectivity index (χ3v) is 8.02. The lowest BCUT2D eigenvalue weighted by Crippen LogP contribution is -2.24. The average molecular weight is 525 g/mol. The summed E-state index contributed by atoms with van der Waals surface area (Å²) in [5, 5.41) is 15.2. The van der Waals surface area contributed by atoms with Crippen LogP contribution in [0.2, 0.25) is 5.02 Å². The molecule has 0 bridgehead atoms. The second kappa shape index (κ2) is 10.2. The lowest BCUT2D eigenvalue weighted by Gasteiger charge is -2.13. The molecule has 0 spiro atoms. The number of thiophene rings is 1. The monoisotopic (exact) mass is 524 g/mol. The Kier molecular flexibility index (Phi) is 6.90. The van der Waals surface area contributed by atoms with Crippen LogP contribution >= 0.6 is 34.7 Å². The summed E-state index contributed by atoms with van der Waals surface area (Å²) in [6.45, 7) is 0. The second-order valence-electron chi connectivity index (χ2n) is 8.08. The zero-order valence-electron chi connectivity index (χ0n) is 18.5. The molecule has 2 aromatic heterocycles. The summed E-state index contributed by atoms with van der Waals surface area (Å²) in [5.41, 5.74) is 4.77. The van der Waals surface area contributed by atoms with Crippen molar-refractivity contribution < 1.29 is 9.90 Å². The molecule has 10 heteroatoms. The molecule has 0 saturated carbocycles. The molecule has 0 unspecified atom stereocenters. The van der Waals surface area contributed by atoms with Crippen LogP contribution in [0.5, 0.6) is 5.75 Å². The van der Waals surface area contributed by atoms with Gasteiger partial charge in [0, 0.05) is 9.90 Å². The molecule has 2 aromatic carbocycles. The first-order chi connectivity index (χ1) is 17.0. The number of thioether (sulfide) groups is 1. The first-order valence-corrected chi connectivity index (χ1v) is 13.2. The number of aromatic hydroxyl groups is 1. The van der Waals surface area contributed by atoms with Gasteiger partial charge in [-0.25, -0.2) is 10.4 Å². The van der Waals surface area contributed by atoms with E-state index >= 15 is 0 Å². The van der Waals surface area contributed by atoms with Crippen LogP contribution in [0.3, 0.4) is 0 Å². The molecule has 35 heavy (non-hydrogen) atoms. The number of hydrazone groups is 1. The number of amides is 1. The van der Waals surface area contributed by atoms with Gasteiger partial charge in [0.05, 0.1) is 23.0 Å². The number of phenolic OH excluding ortho intramolecular Hbond substituents is 1. The number of fused-ring (bicyclic) bond motifs is 3. The SMILES string of the molecule is O=C(CSc1nc2sc3c(c2c(=O)n1-c1ccc(Cl)cc1)CCCC3)NN=Cc1cccc(O)c1. The van der Waals surface area contributed by atoms with E-state index in [9.17, 15) is 14.7 Å². The zero-order valence-corrected chi connectivity index (χ0v) is 20.9. The van der Waals surface area contributed by atoms with Gasteiger partial charge >= 0.3 is 0 Å². The molecule has 0 radical (unpaired) electrons. The Balaban J connectivity index is 1.43. The van der Waals surface area contributed by atoms with Crippen molar-refractivity contribution in [2.75, 3.05) is 5.75 Å². The number of aromatic nitrogens is 2. The van der Waals surface area contributed by atoms with Gasteiger partial charge in [-0.15, -0.1) is 11.3 Å². The van der Waals surface area contributed by atoms with Crippen molar-refractivity contribution in [3.05, 3.63) is 79.9 Å². The molecule has 178 valence electrons. The van der Waals surface area contributed by atoms with E-state index < -0.39 is 0 Å². The lowest BCUT2D eigenvalue weighted by atomic mass is 9.97. The molecule has 0 atom stereocenters. The lowest BCUT2D eigenvalue weighted by molar-refractivity contribution is -0.118. The maximum atomic E-state index is 13.7. The third-order valence-electron chi connectivity index (χ3n) is 5.65. The Morgan fingerprint density at radius 1 is 1.23 bits per heavy atom. The van der Waals surface area contributed by atoms with Crippen LogP contribution in [0.1, 0.15) is 28.8 Å². The normalized spacial score (nSPS) is 13.3. The van der Waals surface area contributed by atoms with E-state index in [2.05, 4.69) is 10.5 Å². The Morgan fingerprint density at radius 3 is 2.83 bits per heavy atom. The molecule has 2 N–H and O–H groups in total. The van der Waals surface area contributed by atoms with Crippen LogP contribution in [0.15, 0.2) is 63.6 Å². The van der Waals surface area contributed by atoms with Gasteiger partial charge in [-0.3, -0.25) is 14.2 Å². The smallest absolute Gasteiger partial charge is 0.267 e. The highest BCUT2D eigenvalue weighted by Crippen LogP contribution is 2.35. The second-order valence-corrected chi connectivity index (χ2v) is 10.5. The van der Waals surface area contributed by atoms with E-state index in [-0.39, 0.29) is 23.0 Å². The highest BCUT2D eigenvalue weighted by atomic mass is 35.5. The summed E-state index contributed by atoms with van der Waals surface area (Å²) in [4.78, 5) is 32.9. The van der Waals surface area contributed by atoms with Crippen molar-refractivity contribution in [2.45, 2.75) is 30.8 Å². The van der Waals surface area contributed by atoms with Crippen molar-refractivity contribution in [3.63, 3.8) is 0 Å². The molecule has 1 aliphatic carbocycles.